The standard InChI is InChI=1S/C9H10BrClO2S/c1-6(10)8-4-3-7(5-9(8)11)14(2,12)13/h3-6H,1-2H3. The van der Waals surface area contributed by atoms with Gasteiger partial charge in [0.05, 0.1) is 4.90 Å². The Labute approximate surface area is 97.3 Å². The molecule has 0 N–H and O–H groups in total. The third-order valence-electron chi connectivity index (χ3n) is 1.83. The average molecular weight is 298 g/mol. The van der Waals surface area contributed by atoms with Crippen molar-refractivity contribution in [3.63, 3.8) is 0 Å². The molecule has 0 saturated heterocycles. The summed E-state index contributed by atoms with van der Waals surface area (Å²) in [5.74, 6) is 0. The molecule has 0 radical (unpaired) electrons. The molecule has 0 aliphatic rings. The molecule has 1 atom stereocenters. The van der Waals surface area contributed by atoms with Crippen LogP contribution < -0.4 is 0 Å². The number of hydrogen-bond acceptors (Lipinski definition) is 2. The molecule has 2 nitrogen and oxygen atoms in total. The highest BCUT2D eigenvalue weighted by Crippen LogP contribution is 2.30. The molecule has 0 saturated carbocycles. The summed E-state index contributed by atoms with van der Waals surface area (Å²) >= 11 is 9.31. The van der Waals surface area contributed by atoms with Crippen molar-refractivity contribution in [3.05, 3.63) is 28.8 Å². The maximum Gasteiger partial charge on any atom is 0.175 e. The maximum atomic E-state index is 11.2. The molecule has 1 aromatic carbocycles. The average Bonchev–Trinajstić information content (AvgIpc) is 2.01. The molecule has 78 valence electrons. The summed E-state index contributed by atoms with van der Waals surface area (Å²) in [6.07, 6.45) is 1.16. The largest absolute Gasteiger partial charge is 0.224 e. The lowest BCUT2D eigenvalue weighted by molar-refractivity contribution is 0.602. The summed E-state index contributed by atoms with van der Waals surface area (Å²) in [5, 5.41) is 0.470. The molecular weight excluding hydrogens is 288 g/mol. The van der Waals surface area contributed by atoms with E-state index < -0.39 is 9.84 Å². The fourth-order valence-corrected chi connectivity index (χ4v) is 2.65. The first kappa shape index (κ1) is 12.0. The molecule has 0 aliphatic heterocycles. The molecule has 0 fully saturated rings. The summed E-state index contributed by atoms with van der Waals surface area (Å²) < 4.78 is 22.4. The first-order valence-electron chi connectivity index (χ1n) is 3.96. The Balaban J connectivity index is 3.27. The van der Waals surface area contributed by atoms with E-state index in [4.69, 9.17) is 11.6 Å². The number of halogens is 2. The van der Waals surface area contributed by atoms with Gasteiger partial charge in [0.1, 0.15) is 0 Å². The van der Waals surface area contributed by atoms with E-state index in [1.165, 1.54) is 6.07 Å². The van der Waals surface area contributed by atoms with Gasteiger partial charge in [-0.05, 0) is 24.6 Å². The molecule has 0 amide bonds. The lowest BCUT2D eigenvalue weighted by atomic mass is 10.2. The van der Waals surface area contributed by atoms with Crippen LogP contribution in [0, 0.1) is 0 Å². The van der Waals surface area contributed by atoms with Gasteiger partial charge < -0.3 is 0 Å². The summed E-state index contributed by atoms with van der Waals surface area (Å²) in [5.41, 5.74) is 0.888. The van der Waals surface area contributed by atoms with E-state index >= 15 is 0 Å². The zero-order valence-corrected chi connectivity index (χ0v) is 10.9. The van der Waals surface area contributed by atoms with Crippen molar-refractivity contribution in [1.29, 1.82) is 0 Å². The molecule has 0 aliphatic carbocycles. The van der Waals surface area contributed by atoms with Crippen molar-refractivity contribution in [2.24, 2.45) is 0 Å². The van der Waals surface area contributed by atoms with Gasteiger partial charge in [-0.15, -0.1) is 0 Å². The Morgan fingerprint density at radius 1 is 1.43 bits per heavy atom. The van der Waals surface area contributed by atoms with Gasteiger partial charge in [-0.3, -0.25) is 0 Å². The van der Waals surface area contributed by atoms with E-state index in [1.807, 2.05) is 6.92 Å². The second-order valence-corrected chi connectivity index (χ2v) is 6.87. The Kier molecular flexibility index (Phi) is 3.61. The van der Waals surface area contributed by atoms with Crippen molar-refractivity contribution in [2.75, 3.05) is 6.26 Å². The van der Waals surface area contributed by atoms with Crippen LogP contribution in [0.3, 0.4) is 0 Å². The summed E-state index contributed by atoms with van der Waals surface area (Å²) in [6, 6.07) is 4.76. The van der Waals surface area contributed by atoms with E-state index in [2.05, 4.69) is 15.9 Å². The van der Waals surface area contributed by atoms with Gasteiger partial charge in [0.25, 0.3) is 0 Å². The minimum atomic E-state index is -3.17. The fourth-order valence-electron chi connectivity index (χ4n) is 1.06. The van der Waals surface area contributed by atoms with E-state index in [0.29, 0.717) is 5.02 Å². The fraction of sp³-hybridized carbons (Fsp3) is 0.333. The van der Waals surface area contributed by atoms with Crippen LogP contribution in [0.5, 0.6) is 0 Å². The zero-order chi connectivity index (χ0) is 10.9. The highest BCUT2D eigenvalue weighted by atomic mass is 79.9. The van der Waals surface area contributed by atoms with Gasteiger partial charge in [-0.25, -0.2) is 8.42 Å². The third-order valence-corrected chi connectivity index (χ3v) is 3.76. The van der Waals surface area contributed by atoms with Crippen LogP contribution in [0.4, 0.5) is 0 Å². The Morgan fingerprint density at radius 2 is 2.00 bits per heavy atom. The summed E-state index contributed by atoms with van der Waals surface area (Å²) in [6.45, 7) is 1.93. The van der Waals surface area contributed by atoms with E-state index in [-0.39, 0.29) is 9.72 Å². The van der Waals surface area contributed by atoms with Crippen LogP contribution in [-0.2, 0) is 9.84 Å². The van der Waals surface area contributed by atoms with Crippen LogP contribution in [0.1, 0.15) is 17.3 Å². The number of alkyl halides is 1. The molecule has 0 spiro atoms. The Morgan fingerprint density at radius 3 is 2.36 bits per heavy atom. The molecule has 0 heterocycles. The Bertz CT molecular complexity index is 440. The van der Waals surface area contributed by atoms with Crippen molar-refractivity contribution >= 4 is 37.4 Å². The molecule has 1 rings (SSSR count). The van der Waals surface area contributed by atoms with E-state index in [0.717, 1.165) is 11.8 Å². The minimum Gasteiger partial charge on any atom is -0.224 e. The first-order valence-corrected chi connectivity index (χ1v) is 7.14. The van der Waals surface area contributed by atoms with E-state index in [9.17, 15) is 8.42 Å². The zero-order valence-electron chi connectivity index (χ0n) is 7.79. The quantitative estimate of drug-likeness (QED) is 0.786. The predicted molar refractivity (Wildman–Crippen MR) is 61.9 cm³/mol. The second-order valence-electron chi connectivity index (χ2n) is 3.07. The highest BCUT2D eigenvalue weighted by molar-refractivity contribution is 9.09. The smallest absolute Gasteiger partial charge is 0.175 e. The lowest BCUT2D eigenvalue weighted by Gasteiger charge is -2.07. The lowest BCUT2D eigenvalue weighted by Crippen LogP contribution is -1.98. The van der Waals surface area contributed by atoms with Crippen molar-refractivity contribution in [2.45, 2.75) is 16.6 Å². The monoisotopic (exact) mass is 296 g/mol. The molecule has 1 aromatic rings. The van der Waals surface area contributed by atoms with Gasteiger partial charge in [0.15, 0.2) is 9.84 Å². The maximum absolute atomic E-state index is 11.2. The molecule has 14 heavy (non-hydrogen) atoms. The van der Waals surface area contributed by atoms with Crippen LogP contribution >= 0.6 is 27.5 Å². The van der Waals surface area contributed by atoms with Crippen LogP contribution in [-0.4, -0.2) is 14.7 Å². The van der Waals surface area contributed by atoms with Crippen LogP contribution in [0.2, 0.25) is 5.02 Å². The van der Waals surface area contributed by atoms with Gasteiger partial charge in [0.2, 0.25) is 0 Å². The van der Waals surface area contributed by atoms with Gasteiger partial charge in [0, 0.05) is 16.1 Å². The highest BCUT2D eigenvalue weighted by Gasteiger charge is 2.11. The summed E-state index contributed by atoms with van der Waals surface area (Å²) in [4.78, 5) is 0.364. The second kappa shape index (κ2) is 4.21. The normalized spacial score (nSPS) is 14.0. The number of hydrogen-bond donors (Lipinski definition) is 0. The topological polar surface area (TPSA) is 34.1 Å². The van der Waals surface area contributed by atoms with Crippen molar-refractivity contribution in [1.82, 2.24) is 0 Å². The summed E-state index contributed by atoms with van der Waals surface area (Å²) in [7, 11) is -3.17. The Hall–Kier alpha value is -0.0600. The van der Waals surface area contributed by atoms with Crippen molar-refractivity contribution in [3.8, 4) is 0 Å². The molecule has 0 bridgehead atoms. The molecule has 1 unspecified atom stereocenters. The van der Waals surface area contributed by atoms with Crippen LogP contribution in [0.25, 0.3) is 0 Å². The first-order chi connectivity index (χ1) is 6.32. The number of sulfone groups is 1. The SMILES string of the molecule is CC(Br)c1ccc(S(C)(=O)=O)cc1Cl. The third kappa shape index (κ3) is 2.72. The van der Waals surface area contributed by atoms with Gasteiger partial charge in [-0.1, -0.05) is 33.6 Å². The number of benzene rings is 1. The van der Waals surface area contributed by atoms with E-state index in [1.54, 1.807) is 12.1 Å². The van der Waals surface area contributed by atoms with Gasteiger partial charge in [-0.2, -0.15) is 0 Å². The van der Waals surface area contributed by atoms with Gasteiger partial charge >= 0.3 is 0 Å². The molecular formula is C9H10BrClO2S. The minimum absolute atomic E-state index is 0.114. The molecule has 5 heteroatoms. The predicted octanol–water partition coefficient (Wildman–Crippen LogP) is 3.20. The number of rotatable bonds is 2. The molecule has 0 aromatic heterocycles. The van der Waals surface area contributed by atoms with Crippen LogP contribution in [0.15, 0.2) is 23.1 Å². The van der Waals surface area contributed by atoms with Crippen molar-refractivity contribution < 1.29 is 8.42 Å².